The number of guanidine groups is 1. The van der Waals surface area contributed by atoms with E-state index in [0.717, 1.165) is 18.3 Å². The third-order valence-corrected chi connectivity index (χ3v) is 4.07. The summed E-state index contributed by atoms with van der Waals surface area (Å²) in [6.07, 6.45) is 1.43. The van der Waals surface area contributed by atoms with Crippen molar-refractivity contribution in [2.75, 3.05) is 26.2 Å². The van der Waals surface area contributed by atoms with Gasteiger partial charge in [0.05, 0.1) is 19.1 Å². The number of hydrogen-bond acceptors (Lipinski definition) is 7. The molecule has 1 N–H and O–H groups in total. The molecule has 1 aromatic rings. The monoisotopic (exact) mass is 335 g/mol. The number of nitrogens with one attached hydrogen (secondary N) is 1. The number of aromatic nitrogens is 3. The summed E-state index contributed by atoms with van der Waals surface area (Å²) in [5.74, 6) is 1.72. The average molecular weight is 335 g/mol. The van der Waals surface area contributed by atoms with Crippen LogP contribution in [0.1, 0.15) is 26.6 Å². The van der Waals surface area contributed by atoms with Crippen LogP contribution in [0.3, 0.4) is 0 Å². The zero-order valence-electron chi connectivity index (χ0n) is 14.7. The minimum absolute atomic E-state index is 0.202. The number of aryl methyl sites for hydroxylation is 1. The zero-order valence-corrected chi connectivity index (χ0v) is 14.7. The largest absolute Gasteiger partial charge is 0.444 e. The number of aliphatic imine (C=N–C) groups is 1. The molecule has 1 fully saturated rings. The fourth-order valence-corrected chi connectivity index (χ4v) is 2.85. The molecule has 2 aliphatic rings. The third-order valence-electron chi connectivity index (χ3n) is 4.07. The highest BCUT2D eigenvalue weighted by Crippen LogP contribution is 2.18. The highest BCUT2D eigenvalue weighted by molar-refractivity contribution is 5.82. The number of carbonyl (C=O) groups is 1. The molecule has 2 aliphatic heterocycles. The van der Waals surface area contributed by atoms with Crippen molar-refractivity contribution < 1.29 is 9.53 Å². The molecule has 3 rings (SSSR count). The second kappa shape index (κ2) is 6.29. The van der Waals surface area contributed by atoms with Crippen molar-refractivity contribution in [3.05, 3.63) is 12.2 Å². The summed E-state index contributed by atoms with van der Waals surface area (Å²) in [7, 11) is 1.91. The molecular formula is C15H25N7O2. The van der Waals surface area contributed by atoms with Crippen LogP contribution in [0.15, 0.2) is 11.3 Å². The van der Waals surface area contributed by atoms with Gasteiger partial charge in [0.25, 0.3) is 0 Å². The van der Waals surface area contributed by atoms with Gasteiger partial charge in [-0.15, -0.1) is 10.2 Å². The molecule has 9 nitrogen and oxygen atoms in total. The number of nitrogens with zero attached hydrogens (tertiary/aromatic N) is 6. The number of ether oxygens (including phenoxy) is 1. The molecule has 0 radical (unpaired) electrons. The first-order chi connectivity index (χ1) is 11.3. The van der Waals surface area contributed by atoms with Crippen LogP contribution in [0.4, 0.5) is 4.79 Å². The van der Waals surface area contributed by atoms with Crippen molar-refractivity contribution in [3.8, 4) is 0 Å². The second-order valence-corrected chi connectivity index (χ2v) is 7.15. The average Bonchev–Trinajstić information content (AvgIpc) is 3.09. The minimum atomic E-state index is -0.469. The number of amides is 1. The van der Waals surface area contributed by atoms with Gasteiger partial charge in [0, 0.05) is 26.7 Å². The molecule has 3 heterocycles. The maximum Gasteiger partial charge on any atom is 0.410 e. The van der Waals surface area contributed by atoms with Crippen molar-refractivity contribution in [1.82, 2.24) is 29.9 Å². The van der Waals surface area contributed by atoms with Gasteiger partial charge in [0.2, 0.25) is 0 Å². The van der Waals surface area contributed by atoms with Gasteiger partial charge in [-0.25, -0.2) is 4.79 Å². The van der Waals surface area contributed by atoms with E-state index in [-0.39, 0.29) is 12.1 Å². The first-order valence-corrected chi connectivity index (χ1v) is 8.19. The Kier molecular flexibility index (Phi) is 4.33. The number of carbonyl (C=O) groups excluding carboxylic acids is 1. The first-order valence-electron chi connectivity index (χ1n) is 8.19. The van der Waals surface area contributed by atoms with E-state index >= 15 is 0 Å². The molecule has 1 atom stereocenters. The summed E-state index contributed by atoms with van der Waals surface area (Å²) in [5, 5.41) is 11.3. The standard InChI is InChI=1S/C15H25N7O2/c1-15(2,3)24-14(23)21-5-6-22-11(9-21)7-16-13(22)17-8-12-19-18-10-20(12)4/h10-11H,5-9H2,1-4H3,(H,16,17). The molecule has 1 aromatic heterocycles. The lowest BCUT2D eigenvalue weighted by molar-refractivity contribution is 0.0137. The van der Waals surface area contributed by atoms with Crippen LogP contribution in [0.25, 0.3) is 0 Å². The van der Waals surface area contributed by atoms with Crippen molar-refractivity contribution in [2.24, 2.45) is 12.0 Å². The van der Waals surface area contributed by atoms with Crippen LogP contribution in [0, 0.1) is 0 Å². The fourth-order valence-electron chi connectivity index (χ4n) is 2.85. The fraction of sp³-hybridized carbons (Fsp3) is 0.733. The summed E-state index contributed by atoms with van der Waals surface area (Å²) < 4.78 is 7.34. The Balaban J connectivity index is 1.53. The van der Waals surface area contributed by atoms with Crippen LogP contribution in [0.5, 0.6) is 0 Å². The Morgan fingerprint density at radius 2 is 2.21 bits per heavy atom. The molecule has 24 heavy (non-hydrogen) atoms. The van der Waals surface area contributed by atoms with E-state index in [1.807, 2.05) is 32.4 Å². The quantitative estimate of drug-likeness (QED) is 0.830. The van der Waals surface area contributed by atoms with Crippen LogP contribution in [0.2, 0.25) is 0 Å². The van der Waals surface area contributed by atoms with Gasteiger partial charge in [-0.3, -0.25) is 4.99 Å². The predicted molar refractivity (Wildman–Crippen MR) is 88.4 cm³/mol. The van der Waals surface area contributed by atoms with E-state index in [4.69, 9.17) is 4.74 Å². The molecule has 1 amide bonds. The Morgan fingerprint density at radius 1 is 1.42 bits per heavy atom. The van der Waals surface area contributed by atoms with Crippen molar-refractivity contribution in [3.63, 3.8) is 0 Å². The number of hydrogen-bond donors (Lipinski definition) is 1. The van der Waals surface area contributed by atoms with Crippen LogP contribution < -0.4 is 5.32 Å². The summed E-state index contributed by atoms with van der Waals surface area (Å²) in [6.45, 7) is 8.92. The third kappa shape index (κ3) is 3.60. The van der Waals surface area contributed by atoms with E-state index in [2.05, 4.69) is 25.4 Å². The maximum atomic E-state index is 12.2. The first kappa shape index (κ1) is 16.5. The molecule has 0 aromatic carbocycles. The Labute approximate surface area is 141 Å². The van der Waals surface area contributed by atoms with E-state index in [1.54, 1.807) is 11.2 Å². The molecule has 9 heteroatoms. The molecule has 132 valence electrons. The molecule has 0 bridgehead atoms. The van der Waals surface area contributed by atoms with Gasteiger partial charge >= 0.3 is 6.09 Å². The topological polar surface area (TPSA) is 87.9 Å². The molecule has 1 unspecified atom stereocenters. The van der Waals surface area contributed by atoms with Crippen molar-refractivity contribution >= 4 is 12.1 Å². The molecule has 1 saturated heterocycles. The summed E-state index contributed by atoms with van der Waals surface area (Å²) in [6, 6.07) is 0.202. The summed E-state index contributed by atoms with van der Waals surface area (Å²) >= 11 is 0. The van der Waals surface area contributed by atoms with E-state index < -0.39 is 5.60 Å². The van der Waals surface area contributed by atoms with Crippen LogP contribution in [-0.2, 0) is 18.3 Å². The van der Waals surface area contributed by atoms with Crippen molar-refractivity contribution in [2.45, 2.75) is 39.0 Å². The smallest absolute Gasteiger partial charge is 0.410 e. The summed E-state index contributed by atoms with van der Waals surface area (Å²) in [4.78, 5) is 20.8. The Hall–Kier alpha value is -2.32. The zero-order chi connectivity index (χ0) is 17.3. The van der Waals surface area contributed by atoms with Gasteiger partial charge in [-0.05, 0) is 20.8 Å². The molecule has 0 spiro atoms. The molecule has 0 saturated carbocycles. The van der Waals surface area contributed by atoms with Gasteiger partial charge < -0.3 is 24.4 Å². The van der Waals surface area contributed by atoms with Crippen LogP contribution in [-0.4, -0.2) is 74.4 Å². The van der Waals surface area contributed by atoms with Crippen molar-refractivity contribution in [1.29, 1.82) is 0 Å². The Bertz CT molecular complexity index is 634. The van der Waals surface area contributed by atoms with Gasteiger partial charge in [-0.1, -0.05) is 0 Å². The number of fused-ring (bicyclic) bond motifs is 1. The number of piperazine rings is 1. The molecular weight excluding hydrogens is 310 g/mol. The second-order valence-electron chi connectivity index (χ2n) is 7.15. The van der Waals surface area contributed by atoms with E-state index in [0.29, 0.717) is 26.2 Å². The normalized spacial score (nSPS) is 20.7. The highest BCUT2D eigenvalue weighted by atomic mass is 16.6. The lowest BCUT2D eigenvalue weighted by Crippen LogP contribution is -2.57. The van der Waals surface area contributed by atoms with Crippen LogP contribution >= 0.6 is 0 Å². The minimum Gasteiger partial charge on any atom is -0.444 e. The SMILES string of the molecule is Cn1cnnc1CNC1=NCC2CN(C(=O)OC(C)(C)C)CCN12. The summed E-state index contributed by atoms with van der Waals surface area (Å²) in [5.41, 5.74) is -0.469. The van der Waals surface area contributed by atoms with Gasteiger partial charge in [-0.2, -0.15) is 0 Å². The van der Waals surface area contributed by atoms with E-state index in [9.17, 15) is 4.79 Å². The lowest BCUT2D eigenvalue weighted by Gasteiger charge is -2.39. The van der Waals surface area contributed by atoms with Gasteiger partial charge in [0.1, 0.15) is 11.9 Å². The Morgan fingerprint density at radius 3 is 2.88 bits per heavy atom. The predicted octanol–water partition coefficient (Wildman–Crippen LogP) is 0.196. The van der Waals surface area contributed by atoms with Gasteiger partial charge in [0.15, 0.2) is 11.8 Å². The highest BCUT2D eigenvalue weighted by Gasteiger charge is 2.36. The maximum absolute atomic E-state index is 12.2. The number of rotatable bonds is 2. The molecule has 0 aliphatic carbocycles. The lowest BCUT2D eigenvalue weighted by atomic mass is 10.2. The van der Waals surface area contributed by atoms with E-state index in [1.165, 1.54) is 0 Å².